The molecule has 1 aliphatic rings. The maximum Gasteiger partial charge on any atom is 0.276 e. The number of hydrogen-bond acceptors (Lipinski definition) is 8. The quantitative estimate of drug-likeness (QED) is 0.426. The highest BCUT2D eigenvalue weighted by Crippen LogP contribution is 2.25. The van der Waals surface area contributed by atoms with Gasteiger partial charge in [-0.1, -0.05) is 17.0 Å². The molecule has 0 unspecified atom stereocenters. The maximum absolute atomic E-state index is 13.2. The lowest BCUT2D eigenvalue weighted by Gasteiger charge is -2.26. The molecular weight excluding hydrogens is 416 g/mol. The largest absolute Gasteiger partial charge is 0.497 e. The molecule has 9 nitrogen and oxygen atoms in total. The Morgan fingerprint density at radius 1 is 1.13 bits per heavy atom. The van der Waals surface area contributed by atoms with Gasteiger partial charge in [-0.3, -0.25) is 4.79 Å². The molecule has 3 aromatic rings. The van der Waals surface area contributed by atoms with Gasteiger partial charge < -0.3 is 14.4 Å². The van der Waals surface area contributed by atoms with Gasteiger partial charge in [0.05, 0.1) is 31.7 Å². The molecule has 0 atom stereocenters. The number of aryl methyl sites for hydroxylation is 2. The molecule has 0 aliphatic carbocycles. The van der Waals surface area contributed by atoms with E-state index in [4.69, 9.17) is 9.47 Å². The molecule has 31 heavy (non-hydrogen) atoms. The fraction of sp³-hybridized carbons (Fsp3) is 0.381. The van der Waals surface area contributed by atoms with Crippen LogP contribution in [-0.2, 0) is 10.5 Å². The number of rotatable bonds is 6. The standard InChI is InChI=1S/C21H24N6O3S/c1-14-12-15(2)23-21(22-14)31-13-18-19(20(28)26-8-10-30-11-9-26)24-25-27(18)16-4-6-17(29-3)7-5-16/h4-7,12H,8-11,13H2,1-3H3. The monoisotopic (exact) mass is 440 g/mol. The number of carbonyl (C=O) groups excluding carboxylic acids is 1. The molecule has 3 heterocycles. The Kier molecular flexibility index (Phi) is 6.47. The summed E-state index contributed by atoms with van der Waals surface area (Å²) in [6.45, 7) is 6.02. The van der Waals surface area contributed by atoms with Crippen molar-refractivity contribution in [1.82, 2.24) is 29.9 Å². The number of ether oxygens (including phenoxy) is 2. The van der Waals surface area contributed by atoms with Crippen molar-refractivity contribution in [2.24, 2.45) is 0 Å². The normalized spacial score (nSPS) is 14.0. The first-order valence-corrected chi connectivity index (χ1v) is 10.9. The molecule has 1 saturated heterocycles. The van der Waals surface area contributed by atoms with E-state index >= 15 is 0 Å². The number of carbonyl (C=O) groups is 1. The SMILES string of the molecule is COc1ccc(-n2nnc(C(=O)N3CCOCC3)c2CSc2nc(C)cc(C)n2)cc1. The second-order valence-electron chi connectivity index (χ2n) is 7.12. The van der Waals surface area contributed by atoms with E-state index < -0.39 is 0 Å². The van der Waals surface area contributed by atoms with Gasteiger partial charge in [0.2, 0.25) is 0 Å². The zero-order chi connectivity index (χ0) is 21.8. The Morgan fingerprint density at radius 2 is 1.81 bits per heavy atom. The first-order chi connectivity index (χ1) is 15.0. The summed E-state index contributed by atoms with van der Waals surface area (Å²) in [6.07, 6.45) is 0. The smallest absolute Gasteiger partial charge is 0.276 e. The van der Waals surface area contributed by atoms with E-state index in [9.17, 15) is 4.79 Å². The van der Waals surface area contributed by atoms with Crippen molar-refractivity contribution in [3.63, 3.8) is 0 Å². The molecule has 0 radical (unpaired) electrons. The summed E-state index contributed by atoms with van der Waals surface area (Å²) in [4.78, 5) is 23.9. The van der Waals surface area contributed by atoms with Crippen LogP contribution >= 0.6 is 11.8 Å². The van der Waals surface area contributed by atoms with E-state index in [-0.39, 0.29) is 5.91 Å². The minimum absolute atomic E-state index is 0.139. The molecule has 1 fully saturated rings. The highest BCUT2D eigenvalue weighted by molar-refractivity contribution is 7.98. The van der Waals surface area contributed by atoms with E-state index in [0.29, 0.717) is 48.6 Å². The number of aromatic nitrogens is 5. The molecule has 1 amide bonds. The summed E-state index contributed by atoms with van der Waals surface area (Å²) in [7, 11) is 1.62. The van der Waals surface area contributed by atoms with Crippen LogP contribution in [0.3, 0.4) is 0 Å². The topological polar surface area (TPSA) is 95.3 Å². The van der Waals surface area contributed by atoms with Crippen molar-refractivity contribution in [3.05, 3.63) is 53.1 Å². The number of methoxy groups -OCH3 is 1. The predicted molar refractivity (Wildman–Crippen MR) is 116 cm³/mol. The van der Waals surface area contributed by atoms with Crippen LogP contribution in [0.5, 0.6) is 5.75 Å². The van der Waals surface area contributed by atoms with Crippen molar-refractivity contribution < 1.29 is 14.3 Å². The molecule has 0 bridgehead atoms. The lowest BCUT2D eigenvalue weighted by atomic mass is 10.2. The second-order valence-corrected chi connectivity index (χ2v) is 8.06. The van der Waals surface area contributed by atoms with E-state index in [1.54, 1.807) is 16.7 Å². The first-order valence-electron chi connectivity index (χ1n) is 9.96. The van der Waals surface area contributed by atoms with Gasteiger partial charge in [0.1, 0.15) is 5.75 Å². The van der Waals surface area contributed by atoms with Gasteiger partial charge >= 0.3 is 0 Å². The van der Waals surface area contributed by atoms with Gasteiger partial charge in [-0.05, 0) is 44.2 Å². The highest BCUT2D eigenvalue weighted by Gasteiger charge is 2.26. The van der Waals surface area contributed by atoms with Crippen LogP contribution in [0.15, 0.2) is 35.5 Å². The molecule has 162 valence electrons. The zero-order valence-corrected chi connectivity index (χ0v) is 18.6. The Hall–Kier alpha value is -2.98. The summed E-state index contributed by atoms with van der Waals surface area (Å²) in [5.74, 6) is 1.06. The Morgan fingerprint density at radius 3 is 2.45 bits per heavy atom. The third-order valence-electron chi connectivity index (χ3n) is 4.88. The molecule has 1 aromatic carbocycles. The molecule has 4 rings (SSSR count). The van der Waals surface area contributed by atoms with Crippen LogP contribution in [0.2, 0.25) is 0 Å². The average Bonchev–Trinajstić information content (AvgIpc) is 3.21. The van der Waals surface area contributed by atoms with Gasteiger partial charge in [-0.25, -0.2) is 14.6 Å². The summed E-state index contributed by atoms with van der Waals surface area (Å²) in [5, 5.41) is 9.21. The van der Waals surface area contributed by atoms with E-state index in [1.807, 2.05) is 44.2 Å². The minimum atomic E-state index is -0.139. The molecule has 0 spiro atoms. The average molecular weight is 441 g/mol. The number of thioether (sulfide) groups is 1. The predicted octanol–water partition coefficient (Wildman–Crippen LogP) is 2.45. The molecule has 0 saturated carbocycles. The van der Waals surface area contributed by atoms with Crippen LogP contribution in [0.25, 0.3) is 5.69 Å². The molecular formula is C21H24N6O3S. The van der Waals surface area contributed by atoms with Crippen LogP contribution in [-0.4, -0.2) is 69.2 Å². The van der Waals surface area contributed by atoms with Crippen LogP contribution in [0, 0.1) is 13.8 Å². The van der Waals surface area contributed by atoms with E-state index in [1.165, 1.54) is 11.8 Å². The van der Waals surface area contributed by atoms with E-state index in [2.05, 4.69) is 20.3 Å². The summed E-state index contributed by atoms with van der Waals surface area (Å²) >= 11 is 1.46. The summed E-state index contributed by atoms with van der Waals surface area (Å²) in [5.41, 5.74) is 3.65. The van der Waals surface area contributed by atoms with Gasteiger partial charge in [0.25, 0.3) is 5.91 Å². The Labute approximate surface area is 184 Å². The maximum atomic E-state index is 13.2. The van der Waals surface area contributed by atoms with Crippen molar-refractivity contribution in [1.29, 1.82) is 0 Å². The third kappa shape index (κ3) is 4.86. The van der Waals surface area contributed by atoms with Crippen LogP contribution < -0.4 is 4.74 Å². The second kappa shape index (κ2) is 9.44. The van der Waals surface area contributed by atoms with Gasteiger partial charge in [0, 0.05) is 30.2 Å². The van der Waals surface area contributed by atoms with Crippen molar-refractivity contribution in [2.75, 3.05) is 33.4 Å². The Balaban J connectivity index is 1.67. The third-order valence-corrected chi connectivity index (χ3v) is 5.74. The van der Waals surface area contributed by atoms with Crippen molar-refractivity contribution >= 4 is 17.7 Å². The molecule has 1 aliphatic heterocycles. The summed E-state index contributed by atoms with van der Waals surface area (Å²) < 4.78 is 12.3. The molecule has 0 N–H and O–H groups in total. The van der Waals surface area contributed by atoms with Crippen LogP contribution in [0.4, 0.5) is 0 Å². The first kappa shape index (κ1) is 21.3. The fourth-order valence-corrected chi connectivity index (χ4v) is 4.28. The Bertz CT molecular complexity index is 1040. The van der Waals surface area contributed by atoms with Gasteiger partial charge in [-0.2, -0.15) is 0 Å². The molecule has 2 aromatic heterocycles. The summed E-state index contributed by atoms with van der Waals surface area (Å²) in [6, 6.07) is 9.41. The lowest BCUT2D eigenvalue weighted by Crippen LogP contribution is -2.41. The number of nitrogens with zero attached hydrogens (tertiary/aromatic N) is 6. The van der Waals surface area contributed by atoms with Gasteiger partial charge in [0.15, 0.2) is 10.9 Å². The number of morpholine rings is 1. The number of amides is 1. The molecule has 10 heteroatoms. The lowest BCUT2D eigenvalue weighted by molar-refractivity contribution is 0.0298. The van der Waals surface area contributed by atoms with Crippen molar-refractivity contribution in [2.45, 2.75) is 24.8 Å². The number of hydrogen-bond donors (Lipinski definition) is 0. The van der Waals surface area contributed by atoms with Crippen molar-refractivity contribution in [3.8, 4) is 11.4 Å². The van der Waals surface area contributed by atoms with E-state index in [0.717, 1.165) is 22.8 Å². The van der Waals surface area contributed by atoms with Gasteiger partial charge in [-0.15, -0.1) is 5.10 Å². The highest BCUT2D eigenvalue weighted by atomic mass is 32.2. The number of benzene rings is 1. The zero-order valence-electron chi connectivity index (χ0n) is 17.7. The minimum Gasteiger partial charge on any atom is -0.497 e. The van der Waals surface area contributed by atoms with Crippen LogP contribution in [0.1, 0.15) is 27.6 Å². The fourth-order valence-electron chi connectivity index (χ4n) is 3.34.